The second-order valence-electron chi connectivity index (χ2n) is 6.86. The van der Waals surface area contributed by atoms with Gasteiger partial charge in [-0.15, -0.1) is 0 Å². The molecule has 1 N–H and O–H groups in total. The van der Waals surface area contributed by atoms with Gasteiger partial charge in [-0.25, -0.2) is 13.2 Å². The van der Waals surface area contributed by atoms with Crippen molar-refractivity contribution in [2.24, 2.45) is 0 Å². The molecule has 0 spiro atoms. The van der Waals surface area contributed by atoms with Crippen LogP contribution < -0.4 is 10.1 Å². The van der Waals surface area contributed by atoms with Crippen LogP contribution in [0.4, 0.5) is 5.69 Å². The van der Waals surface area contributed by atoms with Gasteiger partial charge >= 0.3 is 5.97 Å². The number of rotatable bonds is 9. The van der Waals surface area contributed by atoms with Crippen LogP contribution in [0.5, 0.6) is 5.75 Å². The lowest BCUT2D eigenvalue weighted by Gasteiger charge is -2.19. The third-order valence-corrected chi connectivity index (χ3v) is 6.87. The number of esters is 1. The van der Waals surface area contributed by atoms with Gasteiger partial charge in [-0.3, -0.25) is 4.79 Å². The number of anilines is 1. The average molecular weight is 449 g/mol. The maximum absolute atomic E-state index is 12.9. The molecule has 0 aliphatic carbocycles. The first kappa shape index (κ1) is 24.4. The molecule has 0 aromatic heterocycles. The Morgan fingerprint density at radius 2 is 1.68 bits per heavy atom. The molecule has 0 saturated carbocycles. The van der Waals surface area contributed by atoms with Crippen molar-refractivity contribution in [2.45, 2.75) is 32.6 Å². The van der Waals surface area contributed by atoms with Gasteiger partial charge in [0.2, 0.25) is 10.0 Å². The molecule has 0 unspecified atom stereocenters. The maximum atomic E-state index is 12.9. The molecule has 168 valence electrons. The van der Waals surface area contributed by atoms with Gasteiger partial charge in [0.1, 0.15) is 5.75 Å². The lowest BCUT2D eigenvalue weighted by Crippen LogP contribution is -2.30. The Morgan fingerprint density at radius 1 is 1.00 bits per heavy atom. The summed E-state index contributed by atoms with van der Waals surface area (Å²) in [5.41, 5.74) is 2.21. The van der Waals surface area contributed by atoms with Gasteiger partial charge in [0, 0.05) is 24.3 Å². The fourth-order valence-corrected chi connectivity index (χ4v) is 4.46. The van der Waals surface area contributed by atoms with Crippen LogP contribution in [0.25, 0.3) is 0 Å². The highest BCUT2D eigenvalue weighted by Crippen LogP contribution is 2.24. The van der Waals surface area contributed by atoms with Crippen LogP contribution in [0.3, 0.4) is 0 Å². The monoisotopic (exact) mass is 448 g/mol. The molecule has 0 saturated heterocycles. The average Bonchev–Trinajstić information content (AvgIpc) is 2.74. The summed E-state index contributed by atoms with van der Waals surface area (Å²) in [7, 11) is -2.40. The topological polar surface area (TPSA) is 102 Å². The highest BCUT2D eigenvalue weighted by atomic mass is 32.2. The van der Waals surface area contributed by atoms with Crippen LogP contribution in [-0.2, 0) is 19.6 Å². The Kier molecular flexibility index (Phi) is 8.18. The number of carbonyl (C=O) groups excluding carboxylic acids is 2. The van der Waals surface area contributed by atoms with Gasteiger partial charge in [-0.05, 0) is 55.3 Å². The molecular weight excluding hydrogens is 420 g/mol. The Bertz CT molecular complexity index is 1060. The highest BCUT2D eigenvalue weighted by molar-refractivity contribution is 7.89. The molecule has 0 bridgehead atoms. The summed E-state index contributed by atoms with van der Waals surface area (Å²) in [5.74, 6) is -0.449. The van der Waals surface area contributed by atoms with Gasteiger partial charge in [0.25, 0.3) is 5.91 Å². The zero-order valence-electron chi connectivity index (χ0n) is 18.4. The number of ether oxygens (including phenoxy) is 2. The van der Waals surface area contributed by atoms with E-state index in [0.29, 0.717) is 30.1 Å². The molecule has 0 aliphatic rings. The Hall–Kier alpha value is -2.91. The van der Waals surface area contributed by atoms with Gasteiger partial charge < -0.3 is 14.8 Å². The lowest BCUT2D eigenvalue weighted by molar-refractivity contribution is -0.142. The fraction of sp³-hybridized carbons (Fsp3) is 0.364. The summed E-state index contributed by atoms with van der Waals surface area (Å²) in [4.78, 5) is 24.2. The van der Waals surface area contributed by atoms with Gasteiger partial charge in [-0.2, -0.15) is 4.31 Å². The minimum Gasteiger partial charge on any atom is -0.482 e. The molecule has 31 heavy (non-hydrogen) atoms. The number of sulfonamides is 1. The van der Waals surface area contributed by atoms with Crippen LogP contribution in [0.15, 0.2) is 41.3 Å². The molecule has 2 aromatic carbocycles. The van der Waals surface area contributed by atoms with Crippen molar-refractivity contribution in [2.75, 3.05) is 32.1 Å². The van der Waals surface area contributed by atoms with E-state index in [-0.39, 0.29) is 17.1 Å². The molecule has 0 atom stereocenters. The summed E-state index contributed by atoms with van der Waals surface area (Å²) >= 11 is 0. The minimum absolute atomic E-state index is 0.0789. The first-order valence-corrected chi connectivity index (χ1v) is 11.3. The number of carbonyl (C=O) groups is 2. The molecule has 0 radical (unpaired) electrons. The molecule has 0 aliphatic heterocycles. The summed E-state index contributed by atoms with van der Waals surface area (Å²) in [6.45, 7) is 7.55. The van der Waals surface area contributed by atoms with E-state index >= 15 is 0 Å². The summed E-state index contributed by atoms with van der Waals surface area (Å²) in [6.07, 6.45) is 0. The van der Waals surface area contributed by atoms with Crippen molar-refractivity contribution in [3.05, 3.63) is 53.1 Å². The molecule has 9 heteroatoms. The quantitative estimate of drug-likeness (QED) is 0.592. The number of hydrogen-bond donors (Lipinski definition) is 1. The second kappa shape index (κ2) is 10.4. The van der Waals surface area contributed by atoms with Crippen LogP contribution in [0.1, 0.15) is 35.3 Å². The fourth-order valence-electron chi connectivity index (χ4n) is 2.98. The van der Waals surface area contributed by atoms with E-state index in [1.54, 1.807) is 52.0 Å². The van der Waals surface area contributed by atoms with Gasteiger partial charge in [0.05, 0.1) is 12.0 Å². The normalized spacial score (nSPS) is 11.3. The van der Waals surface area contributed by atoms with Gasteiger partial charge in [-0.1, -0.05) is 19.9 Å². The first-order valence-electron chi connectivity index (χ1n) is 9.86. The third-order valence-electron chi connectivity index (χ3n) is 4.83. The molecule has 1 amide bonds. The van der Waals surface area contributed by atoms with Crippen molar-refractivity contribution in [3.8, 4) is 5.75 Å². The van der Waals surface area contributed by atoms with E-state index < -0.39 is 21.9 Å². The smallest absolute Gasteiger partial charge is 0.343 e. The van der Waals surface area contributed by atoms with Gasteiger partial charge in [0.15, 0.2) is 6.61 Å². The van der Waals surface area contributed by atoms with E-state index in [2.05, 4.69) is 10.1 Å². The van der Waals surface area contributed by atoms with E-state index in [1.807, 2.05) is 0 Å². The predicted octanol–water partition coefficient (Wildman–Crippen LogP) is 3.14. The molecule has 2 rings (SSSR count). The SMILES string of the molecule is CCN(CC)S(=O)(=O)c1ccc(C)c(C(=O)Nc2ccc(OCC(=O)OC)cc2C)c1. The largest absolute Gasteiger partial charge is 0.482 e. The highest BCUT2D eigenvalue weighted by Gasteiger charge is 2.23. The summed E-state index contributed by atoms with van der Waals surface area (Å²) in [5, 5.41) is 2.81. The van der Waals surface area contributed by atoms with Crippen molar-refractivity contribution in [1.29, 1.82) is 0 Å². The van der Waals surface area contributed by atoms with Crippen LogP contribution in [0.2, 0.25) is 0 Å². The van der Waals surface area contributed by atoms with Crippen molar-refractivity contribution < 1.29 is 27.5 Å². The Morgan fingerprint density at radius 3 is 2.26 bits per heavy atom. The number of methoxy groups -OCH3 is 1. The van der Waals surface area contributed by atoms with E-state index in [9.17, 15) is 18.0 Å². The molecule has 0 heterocycles. The van der Waals surface area contributed by atoms with Crippen LogP contribution in [0, 0.1) is 13.8 Å². The summed E-state index contributed by atoms with van der Waals surface area (Å²) < 4.78 is 36.8. The zero-order valence-corrected chi connectivity index (χ0v) is 19.2. The first-order chi connectivity index (χ1) is 14.6. The van der Waals surface area contributed by atoms with Crippen LogP contribution >= 0.6 is 0 Å². The van der Waals surface area contributed by atoms with Crippen molar-refractivity contribution in [3.63, 3.8) is 0 Å². The van der Waals surface area contributed by atoms with Crippen LogP contribution in [-0.4, -0.2) is 51.4 Å². The van der Waals surface area contributed by atoms with E-state index in [0.717, 1.165) is 5.56 Å². The predicted molar refractivity (Wildman–Crippen MR) is 118 cm³/mol. The summed E-state index contributed by atoms with van der Waals surface area (Å²) in [6, 6.07) is 9.51. The molecule has 8 nitrogen and oxygen atoms in total. The molecular formula is C22H28N2O6S. The minimum atomic E-state index is -3.68. The third kappa shape index (κ3) is 5.83. The van der Waals surface area contributed by atoms with E-state index in [1.165, 1.54) is 23.5 Å². The Balaban J connectivity index is 2.25. The molecule has 2 aromatic rings. The Labute approximate surface area is 183 Å². The number of hydrogen-bond acceptors (Lipinski definition) is 6. The number of aryl methyl sites for hydroxylation is 2. The lowest BCUT2D eigenvalue weighted by atomic mass is 10.1. The zero-order chi connectivity index (χ0) is 23.2. The number of nitrogens with zero attached hydrogens (tertiary/aromatic N) is 1. The van der Waals surface area contributed by atoms with Crippen molar-refractivity contribution >= 4 is 27.6 Å². The maximum Gasteiger partial charge on any atom is 0.343 e. The molecule has 0 fully saturated rings. The second-order valence-corrected chi connectivity index (χ2v) is 8.80. The number of benzene rings is 2. The number of nitrogens with one attached hydrogen (secondary N) is 1. The van der Waals surface area contributed by atoms with Crippen molar-refractivity contribution in [1.82, 2.24) is 4.31 Å². The number of amides is 1. The standard InChI is InChI=1S/C22H28N2O6S/c1-6-24(7-2)31(27,28)18-10-8-15(3)19(13-18)22(26)23-20-11-9-17(12-16(20)4)30-14-21(25)29-5/h8-13H,6-7,14H2,1-5H3,(H,23,26). The van der Waals surface area contributed by atoms with E-state index in [4.69, 9.17) is 4.74 Å².